The smallest absolute Gasteiger partial charge is 0.313 e. The van der Waals surface area contributed by atoms with Gasteiger partial charge in [-0.15, -0.1) is 0 Å². The van der Waals surface area contributed by atoms with Crippen LogP contribution in [0.3, 0.4) is 0 Å². The molecule has 0 atom stereocenters. The quantitative estimate of drug-likeness (QED) is 0.371. The van der Waals surface area contributed by atoms with Crippen LogP contribution >= 0.6 is 7.60 Å². The van der Waals surface area contributed by atoms with E-state index in [0.717, 1.165) is 0 Å². The molecule has 0 saturated carbocycles. The molecular formula is C11H26FO3PSi. The monoisotopic (exact) mass is 284 g/mol. The summed E-state index contributed by atoms with van der Waals surface area (Å²) >= 11 is 0. The second-order valence-corrected chi connectivity index (χ2v) is 12.1. The molecule has 0 amide bonds. The van der Waals surface area contributed by atoms with E-state index < -0.39 is 16.0 Å². The molecule has 0 heterocycles. The average Bonchev–Trinajstić information content (AvgIpc) is 2.27. The van der Waals surface area contributed by atoms with E-state index in [2.05, 4.69) is 0 Å². The first-order valence-electron chi connectivity index (χ1n) is 6.11. The van der Waals surface area contributed by atoms with Crippen molar-refractivity contribution in [2.45, 2.75) is 51.2 Å². The van der Waals surface area contributed by atoms with Gasteiger partial charge in [-0.25, -0.2) is 0 Å². The van der Waals surface area contributed by atoms with Crippen LogP contribution in [0.1, 0.15) is 34.1 Å². The number of hydrogen-bond acceptors (Lipinski definition) is 3. The normalized spacial score (nSPS) is 13.7. The maximum absolute atomic E-state index is 14.8. The molecule has 0 radical (unpaired) electrons. The minimum Gasteiger partial charge on any atom is -0.313 e. The SMILES string of the molecule is COP(=O)(CCC[Si](F)(C(C)C)C(C)C)OC. The van der Waals surface area contributed by atoms with E-state index in [4.69, 9.17) is 9.05 Å². The molecule has 0 N–H and O–H groups in total. The molecule has 17 heavy (non-hydrogen) atoms. The first-order valence-corrected chi connectivity index (χ1v) is 10.1. The molecule has 0 aromatic heterocycles. The number of rotatable bonds is 8. The Morgan fingerprint density at radius 2 is 1.53 bits per heavy atom. The van der Waals surface area contributed by atoms with E-state index in [-0.39, 0.29) is 11.1 Å². The lowest BCUT2D eigenvalue weighted by atomic mass is 10.5. The zero-order chi connectivity index (χ0) is 13.7. The zero-order valence-electron chi connectivity index (χ0n) is 11.8. The Morgan fingerprint density at radius 3 is 1.82 bits per heavy atom. The first-order chi connectivity index (χ1) is 7.72. The van der Waals surface area contributed by atoms with Gasteiger partial charge in [-0.05, 0) is 23.5 Å². The fourth-order valence-corrected chi connectivity index (χ4v) is 6.61. The summed E-state index contributed by atoms with van der Waals surface area (Å²) in [6, 6.07) is 0.527. The van der Waals surface area contributed by atoms with Gasteiger partial charge < -0.3 is 13.2 Å². The van der Waals surface area contributed by atoms with Crippen molar-refractivity contribution >= 4 is 16.0 Å². The van der Waals surface area contributed by atoms with Crippen molar-refractivity contribution < 1.29 is 17.7 Å². The predicted octanol–water partition coefficient (Wildman–Crippen LogP) is 4.60. The van der Waals surface area contributed by atoms with Crippen LogP contribution in [0.2, 0.25) is 17.1 Å². The molecule has 3 nitrogen and oxygen atoms in total. The maximum Gasteiger partial charge on any atom is 0.330 e. The van der Waals surface area contributed by atoms with Crippen molar-refractivity contribution in [1.82, 2.24) is 0 Å². The Morgan fingerprint density at radius 1 is 1.12 bits per heavy atom. The largest absolute Gasteiger partial charge is 0.330 e. The summed E-state index contributed by atoms with van der Waals surface area (Å²) < 4.78 is 36.3. The summed E-state index contributed by atoms with van der Waals surface area (Å²) in [6.07, 6.45) is 0.871. The third-order valence-corrected chi connectivity index (χ3v) is 10.4. The molecule has 6 heteroatoms. The van der Waals surface area contributed by atoms with Crippen LogP contribution < -0.4 is 0 Å². The van der Waals surface area contributed by atoms with Gasteiger partial charge >= 0.3 is 7.60 Å². The highest BCUT2D eigenvalue weighted by Gasteiger charge is 2.41. The standard InChI is InChI=1S/C11H26FO3PSi/c1-10(2)17(12,11(3)4)9-7-8-16(13,14-5)15-6/h10-11H,7-9H2,1-6H3. The van der Waals surface area contributed by atoms with E-state index in [0.29, 0.717) is 18.6 Å². The predicted molar refractivity (Wildman–Crippen MR) is 73.0 cm³/mol. The van der Waals surface area contributed by atoms with Gasteiger partial charge in [0.1, 0.15) is 0 Å². The zero-order valence-corrected chi connectivity index (χ0v) is 13.7. The van der Waals surface area contributed by atoms with Crippen LogP contribution in [0.15, 0.2) is 0 Å². The molecule has 0 rings (SSSR count). The van der Waals surface area contributed by atoms with Crippen molar-refractivity contribution in [3.05, 3.63) is 0 Å². The first kappa shape index (κ1) is 17.3. The molecule has 0 aliphatic heterocycles. The van der Waals surface area contributed by atoms with Gasteiger partial charge in [0.15, 0.2) is 0 Å². The highest BCUT2D eigenvalue weighted by Crippen LogP contribution is 2.48. The third kappa shape index (κ3) is 4.82. The van der Waals surface area contributed by atoms with Gasteiger partial charge in [0.2, 0.25) is 0 Å². The molecule has 0 unspecified atom stereocenters. The molecule has 0 aliphatic rings. The second kappa shape index (κ2) is 7.03. The van der Waals surface area contributed by atoms with E-state index in [9.17, 15) is 8.67 Å². The molecular weight excluding hydrogens is 258 g/mol. The number of hydrogen-bond donors (Lipinski definition) is 0. The van der Waals surface area contributed by atoms with Gasteiger partial charge in [-0.3, -0.25) is 4.57 Å². The third-order valence-electron chi connectivity index (χ3n) is 3.47. The molecule has 0 spiro atoms. The number of halogens is 1. The summed E-state index contributed by atoms with van der Waals surface area (Å²) in [4.78, 5) is 0. The Labute approximate surface area is 106 Å². The minimum atomic E-state index is -2.97. The van der Waals surface area contributed by atoms with E-state index in [1.165, 1.54) is 14.2 Å². The fourth-order valence-electron chi connectivity index (χ4n) is 2.04. The Bertz CT molecular complexity index is 255. The van der Waals surface area contributed by atoms with Gasteiger partial charge in [-0.2, -0.15) is 0 Å². The highest BCUT2D eigenvalue weighted by molar-refractivity contribution is 7.53. The Balaban J connectivity index is 4.40. The highest BCUT2D eigenvalue weighted by atomic mass is 31.2. The Hall–Kier alpha value is 0.297. The topological polar surface area (TPSA) is 35.5 Å². The van der Waals surface area contributed by atoms with Crippen molar-refractivity contribution in [3.8, 4) is 0 Å². The van der Waals surface area contributed by atoms with Crippen LogP contribution in [0, 0.1) is 0 Å². The van der Waals surface area contributed by atoms with Gasteiger partial charge in [0.05, 0.1) is 0 Å². The van der Waals surface area contributed by atoms with E-state index in [1.54, 1.807) is 0 Å². The maximum atomic E-state index is 14.8. The molecule has 0 aromatic carbocycles. The second-order valence-electron chi connectivity index (χ2n) is 5.04. The van der Waals surface area contributed by atoms with E-state index >= 15 is 0 Å². The van der Waals surface area contributed by atoms with E-state index in [1.807, 2.05) is 27.7 Å². The van der Waals surface area contributed by atoms with Crippen LogP contribution in [0.25, 0.3) is 0 Å². The molecule has 0 aliphatic carbocycles. The van der Waals surface area contributed by atoms with Crippen molar-refractivity contribution in [1.29, 1.82) is 0 Å². The Kier molecular flexibility index (Phi) is 7.15. The summed E-state index contributed by atoms with van der Waals surface area (Å²) in [5, 5.41) is 0. The van der Waals surface area contributed by atoms with Crippen molar-refractivity contribution in [3.63, 3.8) is 0 Å². The van der Waals surface area contributed by atoms with Crippen LogP contribution in [-0.4, -0.2) is 28.8 Å². The summed E-state index contributed by atoms with van der Waals surface area (Å²) in [7, 11) is -2.99. The summed E-state index contributed by atoms with van der Waals surface area (Å²) in [6.45, 7) is 7.77. The molecule has 0 fully saturated rings. The van der Waals surface area contributed by atoms with Gasteiger partial charge in [0, 0.05) is 20.4 Å². The fraction of sp³-hybridized carbons (Fsp3) is 1.00. The van der Waals surface area contributed by atoms with Gasteiger partial charge in [-0.1, -0.05) is 27.7 Å². The lowest BCUT2D eigenvalue weighted by Crippen LogP contribution is -2.36. The van der Waals surface area contributed by atoms with Crippen LogP contribution in [0.4, 0.5) is 4.11 Å². The minimum absolute atomic E-state index is 0.0898. The van der Waals surface area contributed by atoms with Crippen LogP contribution in [0.5, 0.6) is 0 Å². The lowest BCUT2D eigenvalue weighted by molar-refractivity contribution is 0.275. The molecule has 0 aromatic rings. The van der Waals surface area contributed by atoms with Crippen molar-refractivity contribution in [2.75, 3.05) is 20.4 Å². The molecule has 0 bridgehead atoms. The van der Waals surface area contributed by atoms with Crippen molar-refractivity contribution in [2.24, 2.45) is 0 Å². The average molecular weight is 284 g/mol. The summed E-state index contributed by atoms with van der Waals surface area (Å²) in [5.41, 5.74) is 0.180. The lowest BCUT2D eigenvalue weighted by Gasteiger charge is -2.30. The van der Waals surface area contributed by atoms with Crippen LogP contribution in [-0.2, 0) is 13.6 Å². The molecule has 104 valence electrons. The summed E-state index contributed by atoms with van der Waals surface area (Å²) in [5.74, 6) is 0. The molecule has 0 saturated heterocycles. The van der Waals surface area contributed by atoms with Gasteiger partial charge in [0.25, 0.3) is 8.41 Å².